The van der Waals surface area contributed by atoms with Crippen molar-refractivity contribution in [1.29, 1.82) is 0 Å². The molecule has 2 aromatic carbocycles. The molecule has 6 heteroatoms. The highest BCUT2D eigenvalue weighted by Crippen LogP contribution is 2.28. The molecule has 0 spiro atoms. The van der Waals surface area contributed by atoms with Gasteiger partial charge in [0.1, 0.15) is 5.82 Å². The second-order valence-corrected chi connectivity index (χ2v) is 5.22. The van der Waals surface area contributed by atoms with Crippen molar-refractivity contribution in [1.82, 2.24) is 0 Å². The highest BCUT2D eigenvalue weighted by atomic mass is 19.2. The maximum absolute atomic E-state index is 14.0. The summed E-state index contributed by atoms with van der Waals surface area (Å²) in [6, 6.07) is 6.07. The molecule has 132 valence electrons. The lowest BCUT2D eigenvalue weighted by Crippen LogP contribution is -2.11. The van der Waals surface area contributed by atoms with Gasteiger partial charge < -0.3 is 9.47 Å². The van der Waals surface area contributed by atoms with Crippen molar-refractivity contribution in [2.45, 2.75) is 26.7 Å². The summed E-state index contributed by atoms with van der Waals surface area (Å²) in [7, 11) is 0. The minimum Gasteiger partial charge on any atom is -0.462 e. The van der Waals surface area contributed by atoms with Gasteiger partial charge in [-0.2, -0.15) is 8.78 Å². The molecule has 0 aliphatic rings. The Bertz CT molecular complexity index is 801. The zero-order valence-electron chi connectivity index (χ0n) is 13.8. The van der Waals surface area contributed by atoms with E-state index in [1.54, 1.807) is 6.92 Å². The Kier molecular flexibility index (Phi) is 6.22. The fourth-order valence-corrected chi connectivity index (χ4v) is 2.13. The number of hydrogen-bond acceptors (Lipinski definition) is 3. The summed E-state index contributed by atoms with van der Waals surface area (Å²) >= 11 is 0. The Morgan fingerprint density at radius 1 is 1.08 bits per heavy atom. The zero-order valence-corrected chi connectivity index (χ0v) is 13.8. The van der Waals surface area contributed by atoms with Crippen LogP contribution in [0.4, 0.5) is 13.2 Å². The predicted octanol–water partition coefficient (Wildman–Crippen LogP) is 5.19. The van der Waals surface area contributed by atoms with E-state index in [1.165, 1.54) is 24.5 Å². The molecule has 0 unspecified atom stereocenters. The number of ether oxygens (including phenoxy) is 2. The van der Waals surface area contributed by atoms with E-state index in [1.807, 2.05) is 6.92 Å². The summed E-state index contributed by atoms with van der Waals surface area (Å²) in [5.41, 5.74) is 0.383. The number of esters is 1. The van der Waals surface area contributed by atoms with E-state index in [0.29, 0.717) is 12.0 Å². The number of benzene rings is 2. The summed E-state index contributed by atoms with van der Waals surface area (Å²) in [4.78, 5) is 12.0. The molecule has 3 nitrogen and oxygen atoms in total. The highest BCUT2D eigenvalue weighted by Gasteiger charge is 2.19. The quantitative estimate of drug-likeness (QED) is 0.409. The molecule has 0 radical (unpaired) electrons. The Morgan fingerprint density at radius 2 is 1.76 bits per heavy atom. The van der Waals surface area contributed by atoms with Crippen molar-refractivity contribution in [2.75, 3.05) is 0 Å². The monoisotopic (exact) mass is 350 g/mol. The lowest BCUT2D eigenvalue weighted by atomic mass is 10.1. The first-order chi connectivity index (χ1) is 12.0. The van der Waals surface area contributed by atoms with E-state index in [2.05, 4.69) is 0 Å². The summed E-state index contributed by atoms with van der Waals surface area (Å²) in [5, 5.41) is 0. The lowest BCUT2D eigenvalue weighted by Gasteiger charge is -2.09. The molecule has 0 aromatic heterocycles. The van der Waals surface area contributed by atoms with Crippen molar-refractivity contribution in [3.05, 3.63) is 71.2 Å². The average Bonchev–Trinajstić information content (AvgIpc) is 2.60. The van der Waals surface area contributed by atoms with Crippen LogP contribution in [0, 0.1) is 17.5 Å². The fourth-order valence-electron chi connectivity index (χ4n) is 2.13. The molecule has 0 N–H and O–H groups in total. The van der Waals surface area contributed by atoms with Crippen molar-refractivity contribution < 1.29 is 27.4 Å². The van der Waals surface area contributed by atoms with Crippen molar-refractivity contribution in [3.63, 3.8) is 0 Å². The Balaban J connectivity index is 2.20. The van der Waals surface area contributed by atoms with Gasteiger partial charge in [-0.15, -0.1) is 0 Å². The van der Waals surface area contributed by atoms with E-state index in [-0.39, 0.29) is 11.3 Å². The molecular formula is C19H17F3O3. The third kappa shape index (κ3) is 4.41. The van der Waals surface area contributed by atoms with E-state index in [4.69, 9.17) is 9.47 Å². The second kappa shape index (κ2) is 8.37. The van der Waals surface area contributed by atoms with Crippen LogP contribution >= 0.6 is 0 Å². The molecule has 25 heavy (non-hydrogen) atoms. The second-order valence-electron chi connectivity index (χ2n) is 5.22. The van der Waals surface area contributed by atoms with Crippen LogP contribution in [0.3, 0.4) is 0 Å². The van der Waals surface area contributed by atoms with E-state index < -0.39 is 29.2 Å². The van der Waals surface area contributed by atoms with Crippen LogP contribution in [0.1, 0.15) is 36.2 Å². The third-order valence-corrected chi connectivity index (χ3v) is 3.35. The lowest BCUT2D eigenvalue weighted by molar-refractivity contribution is 0.0726. The molecule has 0 saturated heterocycles. The van der Waals surface area contributed by atoms with Crippen molar-refractivity contribution >= 4 is 5.97 Å². The minimum atomic E-state index is -1.36. The van der Waals surface area contributed by atoms with Crippen LogP contribution in [0.25, 0.3) is 0 Å². The number of rotatable bonds is 6. The molecular weight excluding hydrogens is 333 g/mol. The number of allylic oxidation sites excluding steroid dienone is 1. The first kappa shape index (κ1) is 18.6. The number of carbonyl (C=O) groups is 1. The van der Waals surface area contributed by atoms with Crippen LogP contribution < -0.4 is 9.47 Å². The Morgan fingerprint density at radius 3 is 2.40 bits per heavy atom. The van der Waals surface area contributed by atoms with Crippen LogP contribution in [0.2, 0.25) is 0 Å². The smallest absolute Gasteiger partial charge is 0.343 e. The largest absolute Gasteiger partial charge is 0.462 e. The van der Waals surface area contributed by atoms with Crippen LogP contribution in [0.15, 0.2) is 42.7 Å². The van der Waals surface area contributed by atoms with Gasteiger partial charge in [-0.05, 0) is 43.2 Å². The summed E-state index contributed by atoms with van der Waals surface area (Å²) in [5.74, 6) is -5.12. The maximum atomic E-state index is 14.0. The van der Waals surface area contributed by atoms with Gasteiger partial charge >= 0.3 is 5.97 Å². The topological polar surface area (TPSA) is 35.5 Å². The summed E-state index contributed by atoms with van der Waals surface area (Å²) < 4.78 is 51.4. The van der Waals surface area contributed by atoms with Gasteiger partial charge in [-0.25, -0.2) is 9.18 Å². The highest BCUT2D eigenvalue weighted by molar-refractivity contribution is 5.91. The molecule has 2 rings (SSSR count). The number of hydrogen-bond donors (Lipinski definition) is 0. The van der Waals surface area contributed by atoms with Gasteiger partial charge in [0, 0.05) is 0 Å². The average molecular weight is 350 g/mol. The third-order valence-electron chi connectivity index (χ3n) is 3.35. The van der Waals surface area contributed by atoms with Crippen molar-refractivity contribution in [2.24, 2.45) is 0 Å². The van der Waals surface area contributed by atoms with Crippen LogP contribution in [-0.4, -0.2) is 5.97 Å². The van der Waals surface area contributed by atoms with Crippen molar-refractivity contribution in [3.8, 4) is 11.5 Å². The van der Waals surface area contributed by atoms with Gasteiger partial charge in [0.05, 0.1) is 11.8 Å². The SMILES string of the molecule is CC=COc1ccc(OC(=O)c2ccc(CCC)c(F)c2)c(F)c1F. The fraction of sp³-hybridized carbons (Fsp3) is 0.211. The van der Waals surface area contributed by atoms with Gasteiger partial charge in [-0.3, -0.25) is 0 Å². The molecule has 2 aromatic rings. The van der Waals surface area contributed by atoms with Crippen LogP contribution in [-0.2, 0) is 6.42 Å². The van der Waals surface area contributed by atoms with E-state index >= 15 is 0 Å². The molecule has 0 fully saturated rings. The molecule has 0 heterocycles. The maximum Gasteiger partial charge on any atom is 0.343 e. The number of carbonyl (C=O) groups excluding carboxylic acids is 1. The van der Waals surface area contributed by atoms with E-state index in [0.717, 1.165) is 24.6 Å². The zero-order chi connectivity index (χ0) is 18.4. The van der Waals surface area contributed by atoms with Gasteiger partial charge in [0.2, 0.25) is 11.6 Å². The standard InChI is InChI=1S/C19H17F3O3/c1-3-5-12-6-7-13(11-14(12)20)19(23)25-16-9-8-15(24-10-4-2)17(21)18(16)22/h4,6-11H,3,5H2,1-2H3. The summed E-state index contributed by atoms with van der Waals surface area (Å²) in [6.45, 7) is 3.55. The minimum absolute atomic E-state index is 0.0913. The molecule has 0 saturated carbocycles. The number of halogens is 3. The number of aryl methyl sites for hydroxylation is 1. The Labute approximate surface area is 143 Å². The molecule has 0 aliphatic carbocycles. The summed E-state index contributed by atoms with van der Waals surface area (Å²) in [6.07, 6.45) is 3.98. The molecule has 0 atom stereocenters. The van der Waals surface area contributed by atoms with Gasteiger partial charge in [-0.1, -0.05) is 25.5 Å². The normalized spacial score (nSPS) is 10.9. The first-order valence-electron chi connectivity index (χ1n) is 7.74. The molecule has 0 bridgehead atoms. The first-order valence-corrected chi connectivity index (χ1v) is 7.74. The molecule has 0 aliphatic heterocycles. The van der Waals surface area contributed by atoms with Gasteiger partial charge in [0.15, 0.2) is 11.5 Å². The van der Waals surface area contributed by atoms with Crippen LogP contribution in [0.5, 0.6) is 11.5 Å². The predicted molar refractivity (Wildman–Crippen MR) is 87.2 cm³/mol. The molecule has 0 amide bonds. The van der Waals surface area contributed by atoms with E-state index in [9.17, 15) is 18.0 Å². The Hall–Kier alpha value is -2.76. The van der Waals surface area contributed by atoms with Gasteiger partial charge in [0.25, 0.3) is 0 Å².